The molecule has 21 heavy (non-hydrogen) atoms. The van der Waals surface area contributed by atoms with Gasteiger partial charge in [-0.3, -0.25) is 4.79 Å². The Bertz CT molecular complexity index is 668. The van der Waals surface area contributed by atoms with Gasteiger partial charge in [-0.1, -0.05) is 24.3 Å². The van der Waals surface area contributed by atoms with Gasteiger partial charge in [0.15, 0.2) is 0 Å². The van der Waals surface area contributed by atoms with Crippen molar-refractivity contribution in [3.63, 3.8) is 0 Å². The molecule has 0 spiro atoms. The highest BCUT2D eigenvalue weighted by Crippen LogP contribution is 2.24. The van der Waals surface area contributed by atoms with Gasteiger partial charge in [-0.25, -0.2) is 13.2 Å². The molecule has 2 rings (SSSR count). The maximum atomic E-state index is 12.2. The van der Waals surface area contributed by atoms with Crippen LogP contribution in [0, 0.1) is 0 Å². The lowest BCUT2D eigenvalue weighted by Crippen LogP contribution is -2.48. The van der Waals surface area contributed by atoms with Crippen molar-refractivity contribution < 1.29 is 23.1 Å². The Morgan fingerprint density at radius 2 is 1.90 bits per heavy atom. The van der Waals surface area contributed by atoms with E-state index in [2.05, 4.69) is 0 Å². The van der Waals surface area contributed by atoms with Crippen molar-refractivity contribution in [3.8, 4) is 0 Å². The van der Waals surface area contributed by atoms with Gasteiger partial charge in [0.25, 0.3) is 0 Å². The first-order valence-corrected chi connectivity index (χ1v) is 8.61. The minimum atomic E-state index is -3.25. The molecule has 0 radical (unpaired) electrons. The molecule has 1 heterocycles. The summed E-state index contributed by atoms with van der Waals surface area (Å²) in [5, 5.41) is 9.30. The Kier molecular flexibility index (Phi) is 4.32. The number of rotatable bonds is 4. The maximum absolute atomic E-state index is 12.2. The van der Waals surface area contributed by atoms with Gasteiger partial charge in [-0.2, -0.15) is 0 Å². The van der Waals surface area contributed by atoms with Crippen LogP contribution in [0.25, 0.3) is 0 Å². The SMILES string of the molecule is CS(=O)(=O)CCC(=O)N1Cc2ccccc2C[C@H]1C(=O)O. The molecule has 0 unspecified atom stereocenters. The zero-order chi connectivity index (χ0) is 15.6. The number of carbonyl (C=O) groups is 2. The predicted octanol–water partition coefficient (Wildman–Crippen LogP) is 0.459. The van der Waals surface area contributed by atoms with Gasteiger partial charge in [0.2, 0.25) is 5.91 Å². The summed E-state index contributed by atoms with van der Waals surface area (Å²) in [4.78, 5) is 24.8. The number of hydrogen-bond donors (Lipinski definition) is 1. The number of fused-ring (bicyclic) bond motifs is 1. The number of carbonyl (C=O) groups excluding carboxylic acids is 1. The number of nitrogens with zero attached hydrogens (tertiary/aromatic N) is 1. The summed E-state index contributed by atoms with van der Waals surface area (Å²) in [7, 11) is -3.25. The Morgan fingerprint density at radius 1 is 1.29 bits per heavy atom. The van der Waals surface area contributed by atoms with Gasteiger partial charge < -0.3 is 10.0 Å². The molecule has 1 aliphatic rings. The second-order valence-corrected chi connectivity index (χ2v) is 7.49. The van der Waals surface area contributed by atoms with E-state index < -0.39 is 27.8 Å². The summed E-state index contributed by atoms with van der Waals surface area (Å²) in [6.45, 7) is 0.204. The van der Waals surface area contributed by atoms with E-state index in [0.717, 1.165) is 17.4 Å². The molecule has 6 nitrogen and oxygen atoms in total. The third-order valence-electron chi connectivity index (χ3n) is 3.54. The molecule has 1 aromatic rings. The van der Waals surface area contributed by atoms with Crippen LogP contribution < -0.4 is 0 Å². The van der Waals surface area contributed by atoms with Gasteiger partial charge in [-0.15, -0.1) is 0 Å². The van der Waals surface area contributed by atoms with Gasteiger partial charge >= 0.3 is 5.97 Å². The lowest BCUT2D eigenvalue weighted by Gasteiger charge is -2.34. The molecule has 1 aromatic carbocycles. The normalized spacial score (nSPS) is 18.1. The lowest BCUT2D eigenvalue weighted by atomic mass is 9.94. The molecule has 114 valence electrons. The van der Waals surface area contributed by atoms with Crippen molar-refractivity contribution in [3.05, 3.63) is 35.4 Å². The molecule has 0 bridgehead atoms. The second kappa shape index (κ2) is 5.85. The van der Waals surface area contributed by atoms with Crippen LogP contribution in [0.4, 0.5) is 0 Å². The summed E-state index contributed by atoms with van der Waals surface area (Å²) >= 11 is 0. The maximum Gasteiger partial charge on any atom is 0.326 e. The molecular formula is C14H17NO5S. The van der Waals surface area contributed by atoms with E-state index in [-0.39, 0.29) is 25.1 Å². The highest BCUT2D eigenvalue weighted by atomic mass is 32.2. The first kappa shape index (κ1) is 15.5. The minimum Gasteiger partial charge on any atom is -0.480 e. The van der Waals surface area contributed by atoms with E-state index in [9.17, 15) is 23.1 Å². The van der Waals surface area contributed by atoms with Crippen LogP contribution >= 0.6 is 0 Å². The van der Waals surface area contributed by atoms with Crippen LogP contribution in [0.3, 0.4) is 0 Å². The Morgan fingerprint density at radius 3 is 2.48 bits per heavy atom. The Hall–Kier alpha value is -1.89. The highest BCUT2D eigenvalue weighted by Gasteiger charge is 2.34. The first-order valence-electron chi connectivity index (χ1n) is 6.55. The smallest absolute Gasteiger partial charge is 0.326 e. The summed E-state index contributed by atoms with van der Waals surface area (Å²) in [6.07, 6.45) is 1.11. The number of carboxylic acids is 1. The van der Waals surface area contributed by atoms with Crippen LogP contribution in [-0.2, 0) is 32.4 Å². The molecule has 7 heteroatoms. The van der Waals surface area contributed by atoms with Gasteiger partial charge in [0.05, 0.1) is 5.75 Å². The number of carboxylic acid groups (broad SMARTS) is 1. The Labute approximate surface area is 123 Å². The molecule has 0 fully saturated rings. The largest absolute Gasteiger partial charge is 0.480 e. The topological polar surface area (TPSA) is 91.8 Å². The monoisotopic (exact) mass is 311 g/mol. The van der Waals surface area contributed by atoms with Crippen molar-refractivity contribution in [2.24, 2.45) is 0 Å². The summed E-state index contributed by atoms with van der Waals surface area (Å²) in [6, 6.07) is 6.43. The molecule has 1 aliphatic heterocycles. The van der Waals surface area contributed by atoms with Crippen molar-refractivity contribution in [2.75, 3.05) is 12.0 Å². The molecule has 0 saturated heterocycles. The summed E-state index contributed by atoms with van der Waals surface area (Å²) in [5.41, 5.74) is 1.82. The van der Waals surface area contributed by atoms with Crippen molar-refractivity contribution in [1.29, 1.82) is 0 Å². The van der Waals surface area contributed by atoms with Crippen LogP contribution in [0.2, 0.25) is 0 Å². The number of sulfone groups is 1. The standard InChI is InChI=1S/C14H17NO5S/c1-21(19,20)7-6-13(16)15-9-11-5-3-2-4-10(11)8-12(15)14(17)18/h2-5,12H,6-9H2,1H3,(H,17,18)/t12-/m0/s1. The molecule has 1 amide bonds. The van der Waals surface area contributed by atoms with E-state index in [1.165, 1.54) is 4.90 Å². The van der Waals surface area contributed by atoms with Gasteiger partial charge in [0.1, 0.15) is 15.9 Å². The van der Waals surface area contributed by atoms with Gasteiger partial charge in [-0.05, 0) is 11.1 Å². The summed E-state index contributed by atoms with van der Waals surface area (Å²) in [5.74, 6) is -1.78. The first-order chi connectivity index (χ1) is 9.78. The zero-order valence-corrected chi connectivity index (χ0v) is 12.5. The fraction of sp³-hybridized carbons (Fsp3) is 0.429. The fourth-order valence-electron chi connectivity index (χ4n) is 2.42. The third-order valence-corrected chi connectivity index (χ3v) is 4.49. The quantitative estimate of drug-likeness (QED) is 0.872. The van der Waals surface area contributed by atoms with Crippen LogP contribution in [-0.4, -0.2) is 48.4 Å². The number of hydrogen-bond acceptors (Lipinski definition) is 4. The minimum absolute atomic E-state index is 0.190. The average Bonchev–Trinajstić information content (AvgIpc) is 2.42. The second-order valence-electron chi connectivity index (χ2n) is 5.23. The average molecular weight is 311 g/mol. The molecule has 1 N–H and O–H groups in total. The van der Waals surface area contributed by atoms with E-state index in [1.54, 1.807) is 0 Å². The van der Waals surface area contributed by atoms with Crippen LogP contribution in [0.15, 0.2) is 24.3 Å². The van der Waals surface area contributed by atoms with E-state index in [4.69, 9.17) is 0 Å². The van der Waals surface area contributed by atoms with Crippen LogP contribution in [0.1, 0.15) is 17.5 Å². The lowest BCUT2D eigenvalue weighted by molar-refractivity contribution is -0.151. The van der Waals surface area contributed by atoms with Crippen molar-refractivity contribution >= 4 is 21.7 Å². The third kappa shape index (κ3) is 3.81. The van der Waals surface area contributed by atoms with Crippen molar-refractivity contribution in [2.45, 2.75) is 25.4 Å². The fourth-order valence-corrected chi connectivity index (χ4v) is 2.97. The molecular weight excluding hydrogens is 294 g/mol. The molecule has 0 aromatic heterocycles. The van der Waals surface area contributed by atoms with E-state index >= 15 is 0 Å². The molecule has 0 saturated carbocycles. The molecule has 0 aliphatic carbocycles. The molecule has 1 atom stereocenters. The predicted molar refractivity (Wildman–Crippen MR) is 76.4 cm³/mol. The number of aliphatic carboxylic acids is 1. The highest BCUT2D eigenvalue weighted by molar-refractivity contribution is 7.90. The van der Waals surface area contributed by atoms with Crippen molar-refractivity contribution in [1.82, 2.24) is 4.90 Å². The van der Waals surface area contributed by atoms with Crippen LogP contribution in [0.5, 0.6) is 0 Å². The number of benzene rings is 1. The Balaban J connectivity index is 2.20. The van der Waals surface area contributed by atoms with Gasteiger partial charge in [0, 0.05) is 25.6 Å². The number of amides is 1. The zero-order valence-electron chi connectivity index (χ0n) is 11.7. The summed E-state index contributed by atoms with van der Waals surface area (Å²) < 4.78 is 22.3. The van der Waals surface area contributed by atoms with E-state index in [0.29, 0.717) is 0 Å². The van der Waals surface area contributed by atoms with E-state index in [1.807, 2.05) is 24.3 Å².